The van der Waals surface area contributed by atoms with Crippen LogP contribution >= 0.6 is 15.9 Å². The van der Waals surface area contributed by atoms with Gasteiger partial charge in [-0.15, -0.1) is 0 Å². The van der Waals surface area contributed by atoms with E-state index in [9.17, 15) is 9.59 Å². The third-order valence-corrected chi connectivity index (χ3v) is 8.16. The molecule has 0 amide bonds. The first kappa shape index (κ1) is 29.5. The summed E-state index contributed by atoms with van der Waals surface area (Å²) < 4.78 is 28.3. The van der Waals surface area contributed by atoms with Crippen molar-refractivity contribution in [1.29, 1.82) is 0 Å². The second-order valence-corrected chi connectivity index (χ2v) is 10.7. The first-order chi connectivity index (χ1) is 19.3. The van der Waals surface area contributed by atoms with Gasteiger partial charge < -0.3 is 29.0 Å². The second kappa shape index (κ2) is 12.8. The first-order valence-corrected chi connectivity index (χ1v) is 14.1. The average molecular weight is 615 g/mol. The van der Waals surface area contributed by atoms with Gasteiger partial charge in [-0.3, -0.25) is 4.79 Å². The van der Waals surface area contributed by atoms with E-state index in [1.807, 2.05) is 38.1 Å². The van der Waals surface area contributed by atoms with Crippen LogP contribution in [0.15, 0.2) is 57.3 Å². The molecule has 2 aromatic rings. The molecule has 0 saturated carbocycles. The predicted molar refractivity (Wildman–Crippen MR) is 155 cm³/mol. The largest absolute Gasteiger partial charge is 0.493 e. The highest BCUT2D eigenvalue weighted by atomic mass is 79.9. The maximum atomic E-state index is 14.0. The van der Waals surface area contributed by atoms with E-state index in [-0.39, 0.29) is 18.1 Å². The molecule has 0 spiro atoms. The standard InChI is InChI=1S/C31H36BrNO7/c1-7-8-11-40-31(35)28-17(2)33-22-12-19(18-9-10-24(36-3)25(14-18)37-4)13-23(34)30(22)29(28)20-15-26(38-5)27(39-6)16-21(20)32/h9-10,14-16,19,29,33H,7-8,11-13H2,1-6H3/t19-,29+/m0/s1. The molecule has 0 aromatic heterocycles. The molecule has 4 rings (SSSR count). The summed E-state index contributed by atoms with van der Waals surface area (Å²) in [6.07, 6.45) is 2.54. The molecule has 0 radical (unpaired) electrons. The summed E-state index contributed by atoms with van der Waals surface area (Å²) in [4.78, 5) is 27.5. The SMILES string of the molecule is CCCCOC(=O)C1=C(C)NC2=C(C(=O)C[C@@H](c3ccc(OC)c(OC)c3)C2)[C@@H]1c1cc(OC)c(OC)cc1Br. The predicted octanol–water partition coefficient (Wildman–Crippen LogP) is 6.19. The van der Waals surface area contributed by atoms with Crippen molar-refractivity contribution in [1.82, 2.24) is 5.32 Å². The number of unbranched alkanes of at least 4 members (excludes halogenated alkanes) is 1. The van der Waals surface area contributed by atoms with Gasteiger partial charge >= 0.3 is 5.97 Å². The molecule has 2 aromatic carbocycles. The van der Waals surface area contributed by atoms with Gasteiger partial charge in [0.15, 0.2) is 28.8 Å². The van der Waals surface area contributed by atoms with Crippen molar-refractivity contribution >= 4 is 27.7 Å². The number of nitrogens with one attached hydrogen (secondary N) is 1. The Morgan fingerprint density at radius 1 is 0.950 bits per heavy atom. The highest BCUT2D eigenvalue weighted by Gasteiger charge is 2.42. The molecule has 2 atom stereocenters. The highest BCUT2D eigenvalue weighted by Crippen LogP contribution is 2.49. The van der Waals surface area contributed by atoms with Crippen LogP contribution < -0.4 is 24.3 Å². The number of Topliss-reactive ketones (excluding diaryl/α,β-unsaturated/α-hetero) is 1. The average Bonchev–Trinajstić information content (AvgIpc) is 2.95. The van der Waals surface area contributed by atoms with Crippen molar-refractivity contribution in [2.75, 3.05) is 35.0 Å². The van der Waals surface area contributed by atoms with E-state index in [0.717, 1.165) is 29.7 Å². The number of halogens is 1. The zero-order chi connectivity index (χ0) is 29.0. The topological polar surface area (TPSA) is 92.3 Å². The number of allylic oxidation sites excluding steroid dienone is 3. The number of methoxy groups -OCH3 is 4. The Morgan fingerprint density at radius 3 is 2.25 bits per heavy atom. The number of hydrogen-bond donors (Lipinski definition) is 1. The van der Waals surface area contributed by atoms with Crippen molar-refractivity contribution in [2.45, 2.75) is 51.4 Å². The Balaban J connectivity index is 1.82. The Labute approximate surface area is 243 Å². The van der Waals surface area contributed by atoms with E-state index in [1.165, 1.54) is 0 Å². The number of ketones is 1. The minimum absolute atomic E-state index is 0.0356. The third-order valence-electron chi connectivity index (χ3n) is 7.47. The second-order valence-electron chi connectivity index (χ2n) is 9.85. The minimum atomic E-state index is -0.640. The van der Waals surface area contributed by atoms with Gasteiger partial charge in [-0.2, -0.15) is 0 Å². The maximum absolute atomic E-state index is 14.0. The van der Waals surface area contributed by atoms with Crippen LogP contribution in [0.2, 0.25) is 0 Å². The molecule has 1 N–H and O–H groups in total. The van der Waals surface area contributed by atoms with E-state index >= 15 is 0 Å². The molecule has 9 heteroatoms. The molecular weight excluding hydrogens is 578 g/mol. The summed E-state index contributed by atoms with van der Waals surface area (Å²) in [5.41, 5.74) is 4.15. The number of benzene rings is 2. The van der Waals surface area contributed by atoms with Gasteiger partial charge in [0.1, 0.15) is 0 Å². The number of esters is 1. The summed E-state index contributed by atoms with van der Waals surface area (Å²) in [5, 5.41) is 3.40. The molecule has 0 fully saturated rings. The number of rotatable bonds is 10. The summed E-state index contributed by atoms with van der Waals surface area (Å²) in [5.74, 6) is 1.11. The monoisotopic (exact) mass is 613 g/mol. The molecular formula is C31H36BrNO7. The molecule has 1 heterocycles. The van der Waals surface area contributed by atoms with E-state index in [4.69, 9.17) is 23.7 Å². The summed E-state index contributed by atoms with van der Waals surface area (Å²) in [6.45, 7) is 4.20. The molecule has 1 aliphatic carbocycles. The van der Waals surface area contributed by atoms with E-state index in [0.29, 0.717) is 57.3 Å². The quantitative estimate of drug-likeness (QED) is 0.250. The number of hydrogen-bond acceptors (Lipinski definition) is 8. The lowest BCUT2D eigenvalue weighted by atomic mass is 9.71. The van der Waals surface area contributed by atoms with Crippen LogP contribution in [0, 0.1) is 0 Å². The molecule has 40 heavy (non-hydrogen) atoms. The highest BCUT2D eigenvalue weighted by molar-refractivity contribution is 9.10. The van der Waals surface area contributed by atoms with Crippen LogP contribution in [0.3, 0.4) is 0 Å². The van der Waals surface area contributed by atoms with Crippen molar-refractivity contribution in [3.8, 4) is 23.0 Å². The van der Waals surface area contributed by atoms with E-state index < -0.39 is 11.9 Å². The normalized spacial score (nSPS) is 18.6. The fraction of sp³-hybridized carbons (Fsp3) is 0.419. The van der Waals surface area contributed by atoms with Crippen molar-refractivity contribution < 1.29 is 33.3 Å². The third kappa shape index (κ3) is 5.70. The van der Waals surface area contributed by atoms with Gasteiger partial charge in [-0.05, 0) is 61.1 Å². The molecule has 0 bridgehead atoms. The smallest absolute Gasteiger partial charge is 0.336 e. The van der Waals surface area contributed by atoms with Crippen LogP contribution in [-0.2, 0) is 14.3 Å². The minimum Gasteiger partial charge on any atom is -0.493 e. The molecule has 2 aliphatic rings. The molecule has 0 saturated heterocycles. The molecule has 1 aliphatic heterocycles. The molecule has 8 nitrogen and oxygen atoms in total. The zero-order valence-corrected chi connectivity index (χ0v) is 25.4. The first-order valence-electron chi connectivity index (χ1n) is 13.3. The van der Waals surface area contributed by atoms with Crippen molar-refractivity contribution in [3.63, 3.8) is 0 Å². The van der Waals surface area contributed by atoms with Gasteiger partial charge in [-0.1, -0.05) is 35.3 Å². The molecule has 0 unspecified atom stereocenters. The van der Waals surface area contributed by atoms with E-state index in [1.54, 1.807) is 34.5 Å². The number of carbonyl (C=O) groups is 2. The maximum Gasteiger partial charge on any atom is 0.336 e. The fourth-order valence-corrected chi connectivity index (χ4v) is 5.99. The zero-order valence-electron chi connectivity index (χ0n) is 23.8. The van der Waals surface area contributed by atoms with Crippen molar-refractivity contribution in [2.24, 2.45) is 0 Å². The molecule has 214 valence electrons. The van der Waals surface area contributed by atoms with Gasteiger partial charge in [0, 0.05) is 33.8 Å². The lowest BCUT2D eigenvalue weighted by Crippen LogP contribution is -2.36. The van der Waals surface area contributed by atoms with Crippen LogP contribution in [0.25, 0.3) is 0 Å². The van der Waals surface area contributed by atoms with Gasteiger partial charge in [-0.25, -0.2) is 4.79 Å². The van der Waals surface area contributed by atoms with Crippen LogP contribution in [0.1, 0.15) is 62.5 Å². The lowest BCUT2D eigenvalue weighted by molar-refractivity contribution is -0.139. The Morgan fingerprint density at radius 2 is 1.60 bits per heavy atom. The van der Waals surface area contributed by atoms with Crippen LogP contribution in [0.4, 0.5) is 0 Å². The number of dihydropyridines is 1. The van der Waals surface area contributed by atoms with Crippen LogP contribution in [0.5, 0.6) is 23.0 Å². The summed E-state index contributed by atoms with van der Waals surface area (Å²) >= 11 is 3.67. The number of carbonyl (C=O) groups excluding carboxylic acids is 2. The summed E-state index contributed by atoms with van der Waals surface area (Å²) in [6, 6.07) is 9.37. The Bertz CT molecular complexity index is 1360. The number of ether oxygens (including phenoxy) is 5. The summed E-state index contributed by atoms with van der Waals surface area (Å²) in [7, 11) is 6.31. The van der Waals surface area contributed by atoms with Crippen LogP contribution in [-0.4, -0.2) is 46.8 Å². The Kier molecular flexibility index (Phi) is 9.45. The van der Waals surface area contributed by atoms with Gasteiger partial charge in [0.05, 0.1) is 40.6 Å². The van der Waals surface area contributed by atoms with Crippen molar-refractivity contribution in [3.05, 3.63) is 68.5 Å². The van der Waals surface area contributed by atoms with Gasteiger partial charge in [0.2, 0.25) is 0 Å². The van der Waals surface area contributed by atoms with E-state index in [2.05, 4.69) is 21.2 Å². The Hall–Kier alpha value is -3.46. The fourth-order valence-electron chi connectivity index (χ4n) is 5.44. The van der Waals surface area contributed by atoms with Gasteiger partial charge in [0.25, 0.3) is 0 Å². The lowest BCUT2D eigenvalue weighted by Gasteiger charge is -2.37.